The summed E-state index contributed by atoms with van der Waals surface area (Å²) in [5.74, 6) is -0.449. The van der Waals surface area contributed by atoms with Gasteiger partial charge in [-0.3, -0.25) is 14.9 Å². The quantitative estimate of drug-likeness (QED) is 0.412. The van der Waals surface area contributed by atoms with Gasteiger partial charge in [0.1, 0.15) is 5.82 Å². The Morgan fingerprint density at radius 3 is 2.72 bits per heavy atom. The second-order valence-electron chi connectivity index (χ2n) is 6.81. The Bertz CT molecular complexity index is 1090. The zero-order valence-electron chi connectivity index (χ0n) is 15.6. The van der Waals surface area contributed by atoms with E-state index >= 15 is 0 Å². The maximum atomic E-state index is 13.2. The van der Waals surface area contributed by atoms with Crippen LogP contribution in [0.15, 0.2) is 42.5 Å². The fraction of sp³-hybridized carbons (Fsp3) is 0.250. The van der Waals surface area contributed by atoms with Crippen molar-refractivity contribution >= 4 is 28.6 Å². The number of esters is 1. The van der Waals surface area contributed by atoms with Gasteiger partial charge in [-0.25, -0.2) is 9.78 Å². The van der Waals surface area contributed by atoms with E-state index in [1.54, 1.807) is 4.90 Å². The van der Waals surface area contributed by atoms with E-state index in [1.165, 1.54) is 19.2 Å². The predicted molar refractivity (Wildman–Crippen MR) is 104 cm³/mol. The molecule has 0 aliphatic carbocycles. The Hall–Kier alpha value is -3.75. The fourth-order valence-corrected chi connectivity index (χ4v) is 3.67. The number of rotatable bonds is 4. The third-order valence-electron chi connectivity index (χ3n) is 5.03. The average molecular weight is 394 g/mol. The van der Waals surface area contributed by atoms with E-state index in [9.17, 15) is 19.7 Å². The number of nitrogens with zero attached hydrogens (tertiary/aromatic N) is 3. The van der Waals surface area contributed by atoms with Gasteiger partial charge in [0, 0.05) is 24.2 Å². The Labute approximate surface area is 165 Å². The van der Waals surface area contributed by atoms with E-state index < -0.39 is 10.9 Å². The highest BCUT2D eigenvalue weighted by atomic mass is 16.6. The molecule has 1 amide bonds. The number of aromatic nitrogens is 2. The lowest BCUT2D eigenvalue weighted by Gasteiger charge is -2.23. The summed E-state index contributed by atoms with van der Waals surface area (Å²) >= 11 is 0. The second-order valence-corrected chi connectivity index (χ2v) is 6.81. The first-order valence-electron chi connectivity index (χ1n) is 9.11. The number of nitrogens with one attached hydrogen (secondary N) is 1. The summed E-state index contributed by atoms with van der Waals surface area (Å²) in [5.41, 5.74) is 1.39. The van der Waals surface area contributed by atoms with Gasteiger partial charge in [-0.05, 0) is 31.0 Å². The van der Waals surface area contributed by atoms with Gasteiger partial charge >= 0.3 is 5.97 Å². The first kappa shape index (κ1) is 18.6. The van der Waals surface area contributed by atoms with Crippen LogP contribution in [0.2, 0.25) is 0 Å². The molecule has 9 nitrogen and oxygen atoms in total. The van der Waals surface area contributed by atoms with Crippen molar-refractivity contribution in [3.8, 4) is 0 Å². The molecule has 0 bridgehead atoms. The van der Waals surface area contributed by atoms with Gasteiger partial charge in [-0.1, -0.05) is 12.1 Å². The molecule has 1 aliphatic heterocycles. The first-order chi connectivity index (χ1) is 14.0. The van der Waals surface area contributed by atoms with E-state index in [0.717, 1.165) is 29.9 Å². The molecule has 1 atom stereocenters. The van der Waals surface area contributed by atoms with Crippen molar-refractivity contribution in [2.24, 2.45) is 0 Å². The van der Waals surface area contributed by atoms with Crippen LogP contribution in [0.5, 0.6) is 0 Å². The number of fused-ring (bicyclic) bond motifs is 1. The third-order valence-corrected chi connectivity index (χ3v) is 5.03. The molecule has 4 rings (SSSR count). The molecule has 9 heteroatoms. The predicted octanol–water partition coefficient (Wildman–Crippen LogP) is 3.24. The summed E-state index contributed by atoms with van der Waals surface area (Å²) in [4.78, 5) is 45.2. The smallest absolute Gasteiger partial charge is 0.338 e. The number of nitro groups is 1. The number of non-ortho nitro benzene ring substituents is 1. The molecule has 0 unspecified atom stereocenters. The van der Waals surface area contributed by atoms with Crippen molar-refractivity contribution in [2.75, 3.05) is 13.7 Å². The van der Waals surface area contributed by atoms with E-state index in [0.29, 0.717) is 12.4 Å². The first-order valence-corrected chi connectivity index (χ1v) is 9.11. The standard InChI is InChI=1S/C20H18N4O5/c1-29-20(26)13-9-12(10-14(11-13)24(27)28)19(25)23-8-4-7-17(23)18-21-15-5-2-3-6-16(15)22-18/h2-3,5-6,9-11,17H,4,7-8H2,1H3,(H,21,22)/t17-/m1/s1. The molecule has 0 radical (unpaired) electrons. The highest BCUT2D eigenvalue weighted by Gasteiger charge is 2.33. The van der Waals surface area contributed by atoms with Crippen LogP contribution in [-0.2, 0) is 4.74 Å². The van der Waals surface area contributed by atoms with Gasteiger partial charge < -0.3 is 14.6 Å². The van der Waals surface area contributed by atoms with Crippen molar-refractivity contribution < 1.29 is 19.2 Å². The van der Waals surface area contributed by atoms with E-state index in [1.807, 2.05) is 24.3 Å². The summed E-state index contributed by atoms with van der Waals surface area (Å²) < 4.78 is 4.65. The molecule has 29 heavy (non-hydrogen) atoms. The molecular weight excluding hydrogens is 376 g/mol. The number of likely N-dealkylation sites (tertiary alicyclic amines) is 1. The lowest BCUT2D eigenvalue weighted by molar-refractivity contribution is -0.384. The molecule has 0 saturated carbocycles. The summed E-state index contributed by atoms with van der Waals surface area (Å²) in [6, 6.07) is 10.9. The average Bonchev–Trinajstić information content (AvgIpc) is 3.38. The zero-order chi connectivity index (χ0) is 20.5. The Balaban J connectivity index is 1.70. The lowest BCUT2D eigenvalue weighted by Crippen LogP contribution is -2.31. The molecular formula is C20H18N4O5. The van der Waals surface area contributed by atoms with Crippen LogP contribution < -0.4 is 0 Å². The van der Waals surface area contributed by atoms with Crippen LogP contribution >= 0.6 is 0 Å². The Kier molecular flexibility index (Phi) is 4.71. The molecule has 3 aromatic rings. The van der Waals surface area contributed by atoms with Crippen LogP contribution in [0, 0.1) is 10.1 Å². The van der Waals surface area contributed by atoms with Crippen molar-refractivity contribution in [3.05, 3.63) is 69.5 Å². The maximum absolute atomic E-state index is 13.2. The van der Waals surface area contributed by atoms with Crippen LogP contribution in [0.25, 0.3) is 11.0 Å². The number of methoxy groups -OCH3 is 1. The number of ether oxygens (including phenoxy) is 1. The van der Waals surface area contributed by atoms with Crippen molar-refractivity contribution in [2.45, 2.75) is 18.9 Å². The highest BCUT2D eigenvalue weighted by molar-refractivity contribution is 5.99. The number of para-hydroxylation sites is 2. The second kappa shape index (κ2) is 7.34. The topological polar surface area (TPSA) is 118 Å². The number of carbonyl (C=O) groups is 2. The molecule has 1 saturated heterocycles. The summed E-state index contributed by atoms with van der Waals surface area (Å²) in [7, 11) is 1.18. The normalized spacial score (nSPS) is 16.2. The minimum atomic E-state index is -0.738. The SMILES string of the molecule is COC(=O)c1cc(C(=O)N2CCC[C@@H]2c2nc3ccccc3[nH]2)cc([N+](=O)[O-])c1. The lowest BCUT2D eigenvalue weighted by atomic mass is 10.1. The molecule has 0 spiro atoms. The molecule has 148 valence electrons. The number of benzene rings is 2. The van der Waals surface area contributed by atoms with E-state index in [4.69, 9.17) is 0 Å². The minimum absolute atomic E-state index is 0.0375. The van der Waals surface area contributed by atoms with Crippen molar-refractivity contribution in [3.63, 3.8) is 0 Å². The summed E-state index contributed by atoms with van der Waals surface area (Å²) in [6.45, 7) is 0.497. The van der Waals surface area contributed by atoms with E-state index in [2.05, 4.69) is 14.7 Å². The summed E-state index contributed by atoms with van der Waals surface area (Å²) in [6.07, 6.45) is 1.51. The Morgan fingerprint density at radius 2 is 2.00 bits per heavy atom. The number of carbonyl (C=O) groups excluding carboxylic acids is 2. The van der Waals surface area contributed by atoms with Crippen LogP contribution in [0.3, 0.4) is 0 Å². The molecule has 2 heterocycles. The molecule has 2 aromatic carbocycles. The van der Waals surface area contributed by atoms with Gasteiger partial charge in [0.2, 0.25) is 0 Å². The molecule has 1 fully saturated rings. The van der Waals surface area contributed by atoms with Gasteiger partial charge in [0.15, 0.2) is 0 Å². The fourth-order valence-electron chi connectivity index (χ4n) is 3.67. The van der Waals surface area contributed by atoms with Crippen LogP contribution in [0.4, 0.5) is 5.69 Å². The van der Waals surface area contributed by atoms with Crippen molar-refractivity contribution in [1.82, 2.24) is 14.9 Å². The number of hydrogen-bond donors (Lipinski definition) is 1. The van der Waals surface area contributed by atoms with Gasteiger partial charge in [0.05, 0.1) is 34.7 Å². The molecule has 1 aromatic heterocycles. The number of nitro benzene ring substituents is 1. The van der Waals surface area contributed by atoms with Crippen LogP contribution in [-0.4, -0.2) is 45.3 Å². The maximum Gasteiger partial charge on any atom is 0.338 e. The summed E-state index contributed by atoms with van der Waals surface area (Å²) in [5, 5.41) is 11.3. The largest absolute Gasteiger partial charge is 0.465 e. The zero-order valence-corrected chi connectivity index (χ0v) is 15.6. The number of aromatic amines is 1. The van der Waals surface area contributed by atoms with Crippen LogP contribution in [0.1, 0.15) is 45.4 Å². The van der Waals surface area contributed by atoms with Gasteiger partial charge in [0.25, 0.3) is 11.6 Å². The monoisotopic (exact) mass is 394 g/mol. The minimum Gasteiger partial charge on any atom is -0.465 e. The highest BCUT2D eigenvalue weighted by Crippen LogP contribution is 2.33. The number of H-pyrrole nitrogens is 1. The molecule has 1 aliphatic rings. The third kappa shape index (κ3) is 3.42. The Morgan fingerprint density at radius 1 is 1.24 bits per heavy atom. The number of amides is 1. The van der Waals surface area contributed by atoms with Gasteiger partial charge in [-0.2, -0.15) is 0 Å². The number of hydrogen-bond acceptors (Lipinski definition) is 6. The van der Waals surface area contributed by atoms with Gasteiger partial charge in [-0.15, -0.1) is 0 Å². The number of imidazole rings is 1. The van der Waals surface area contributed by atoms with E-state index in [-0.39, 0.29) is 28.8 Å². The van der Waals surface area contributed by atoms with Crippen molar-refractivity contribution in [1.29, 1.82) is 0 Å². The molecule has 1 N–H and O–H groups in total.